The lowest BCUT2D eigenvalue weighted by atomic mass is 10.0. The number of piperidine rings is 1. The van der Waals surface area contributed by atoms with Gasteiger partial charge in [0.25, 0.3) is 5.56 Å². The second-order valence-electron chi connectivity index (χ2n) is 7.33. The molecule has 0 aliphatic carbocycles. The molecule has 1 aliphatic heterocycles. The molecule has 3 aromatic rings. The number of fused-ring (bicyclic) bond motifs is 1. The highest BCUT2D eigenvalue weighted by Crippen LogP contribution is 2.15. The molecule has 144 valence electrons. The Balaban J connectivity index is 1.32. The van der Waals surface area contributed by atoms with Gasteiger partial charge in [0.15, 0.2) is 0 Å². The van der Waals surface area contributed by atoms with Crippen molar-refractivity contribution in [3.8, 4) is 0 Å². The lowest BCUT2D eigenvalue weighted by Gasteiger charge is -2.32. The van der Waals surface area contributed by atoms with Crippen molar-refractivity contribution in [3.63, 3.8) is 0 Å². The highest BCUT2D eigenvalue weighted by molar-refractivity contribution is 5.88. The van der Waals surface area contributed by atoms with E-state index in [1.807, 2.05) is 24.3 Å². The molecule has 0 bridgehead atoms. The summed E-state index contributed by atoms with van der Waals surface area (Å²) < 4.78 is 0. The molecule has 2 heterocycles. The molecule has 4 rings (SSSR count). The van der Waals surface area contributed by atoms with Crippen LogP contribution in [0.3, 0.4) is 0 Å². The van der Waals surface area contributed by atoms with E-state index >= 15 is 0 Å². The molecule has 6 nitrogen and oxygen atoms in total. The predicted octanol–water partition coefficient (Wildman–Crippen LogP) is 2.25. The van der Waals surface area contributed by atoms with Gasteiger partial charge in [0.2, 0.25) is 5.91 Å². The van der Waals surface area contributed by atoms with Gasteiger partial charge in [0.05, 0.1) is 17.5 Å². The molecule has 0 atom stereocenters. The lowest BCUT2D eigenvalue weighted by molar-refractivity contribution is -0.121. The SMILES string of the molecule is O=C(Cc1n[nH]c(=O)c2ccccc12)NC1CCN(Cc2ccccc2)CC1. The van der Waals surface area contributed by atoms with Gasteiger partial charge in [-0.25, -0.2) is 5.10 Å². The number of carbonyl (C=O) groups is 1. The van der Waals surface area contributed by atoms with Crippen LogP contribution in [-0.2, 0) is 17.8 Å². The van der Waals surface area contributed by atoms with Crippen LogP contribution in [0.2, 0.25) is 0 Å². The summed E-state index contributed by atoms with van der Waals surface area (Å²) >= 11 is 0. The van der Waals surface area contributed by atoms with Crippen molar-refractivity contribution in [2.24, 2.45) is 0 Å². The number of likely N-dealkylation sites (tertiary alicyclic amines) is 1. The van der Waals surface area contributed by atoms with Gasteiger partial charge in [0.1, 0.15) is 0 Å². The van der Waals surface area contributed by atoms with Gasteiger partial charge in [0, 0.05) is 31.1 Å². The minimum absolute atomic E-state index is 0.0498. The first-order chi connectivity index (χ1) is 13.7. The van der Waals surface area contributed by atoms with E-state index in [2.05, 4.69) is 44.7 Å². The van der Waals surface area contributed by atoms with Crippen LogP contribution in [-0.4, -0.2) is 40.1 Å². The summed E-state index contributed by atoms with van der Waals surface area (Å²) in [5.74, 6) is -0.0498. The number of amides is 1. The Morgan fingerprint density at radius 2 is 1.71 bits per heavy atom. The third-order valence-electron chi connectivity index (χ3n) is 5.30. The smallest absolute Gasteiger partial charge is 0.272 e. The van der Waals surface area contributed by atoms with Gasteiger partial charge in [-0.1, -0.05) is 48.5 Å². The van der Waals surface area contributed by atoms with Crippen molar-refractivity contribution in [3.05, 3.63) is 76.2 Å². The summed E-state index contributed by atoms with van der Waals surface area (Å²) in [6, 6.07) is 17.9. The maximum absolute atomic E-state index is 12.5. The number of aromatic amines is 1. The monoisotopic (exact) mass is 376 g/mol. The Morgan fingerprint density at radius 1 is 1.04 bits per heavy atom. The summed E-state index contributed by atoms with van der Waals surface area (Å²) in [4.78, 5) is 26.8. The van der Waals surface area contributed by atoms with E-state index in [0.717, 1.165) is 37.9 Å². The summed E-state index contributed by atoms with van der Waals surface area (Å²) in [5.41, 5.74) is 1.70. The standard InChI is InChI=1S/C22H24N4O2/c27-21(14-20-18-8-4-5-9-19(18)22(28)25-24-20)23-17-10-12-26(13-11-17)15-16-6-2-1-3-7-16/h1-9,17H,10-15H2,(H,23,27)(H,25,28). The number of hydrogen-bond donors (Lipinski definition) is 2. The molecule has 0 unspecified atom stereocenters. The van der Waals surface area contributed by atoms with Gasteiger partial charge in [-0.05, 0) is 24.5 Å². The number of H-pyrrole nitrogens is 1. The third kappa shape index (κ3) is 4.28. The Labute approximate surface area is 163 Å². The van der Waals surface area contributed by atoms with Crippen LogP contribution in [0.15, 0.2) is 59.4 Å². The predicted molar refractivity (Wildman–Crippen MR) is 109 cm³/mol. The summed E-state index contributed by atoms with van der Waals surface area (Å²) in [5, 5.41) is 11.0. The number of hydrogen-bond acceptors (Lipinski definition) is 4. The Morgan fingerprint density at radius 3 is 2.46 bits per heavy atom. The van der Waals surface area contributed by atoms with E-state index in [1.165, 1.54) is 5.56 Å². The van der Waals surface area contributed by atoms with E-state index in [1.54, 1.807) is 6.07 Å². The number of rotatable bonds is 5. The quantitative estimate of drug-likeness (QED) is 0.716. The van der Waals surface area contributed by atoms with Crippen LogP contribution in [0.5, 0.6) is 0 Å². The molecule has 2 N–H and O–H groups in total. The van der Waals surface area contributed by atoms with E-state index < -0.39 is 0 Å². The van der Waals surface area contributed by atoms with Gasteiger partial charge in [-0.3, -0.25) is 14.5 Å². The first-order valence-electron chi connectivity index (χ1n) is 9.71. The average Bonchev–Trinajstić information content (AvgIpc) is 2.73. The number of aromatic nitrogens is 2. The fraction of sp³-hybridized carbons (Fsp3) is 0.318. The fourth-order valence-corrected chi connectivity index (χ4v) is 3.81. The molecular formula is C22H24N4O2. The van der Waals surface area contributed by atoms with Crippen LogP contribution in [0.25, 0.3) is 10.8 Å². The summed E-state index contributed by atoms with van der Waals surface area (Å²) in [7, 11) is 0. The number of benzene rings is 2. The highest BCUT2D eigenvalue weighted by atomic mass is 16.1. The number of carbonyl (C=O) groups excluding carboxylic acids is 1. The van der Waals surface area contributed by atoms with Gasteiger partial charge < -0.3 is 5.32 Å². The molecule has 6 heteroatoms. The van der Waals surface area contributed by atoms with Crippen molar-refractivity contribution < 1.29 is 4.79 Å². The van der Waals surface area contributed by atoms with Crippen LogP contribution >= 0.6 is 0 Å². The van der Waals surface area contributed by atoms with Crippen LogP contribution in [0.1, 0.15) is 24.1 Å². The molecular weight excluding hydrogens is 352 g/mol. The largest absolute Gasteiger partial charge is 0.353 e. The molecule has 1 saturated heterocycles. The average molecular weight is 376 g/mol. The minimum atomic E-state index is -0.231. The Hall–Kier alpha value is -2.99. The van der Waals surface area contributed by atoms with Crippen molar-refractivity contribution >= 4 is 16.7 Å². The zero-order valence-corrected chi connectivity index (χ0v) is 15.7. The highest BCUT2D eigenvalue weighted by Gasteiger charge is 2.21. The zero-order chi connectivity index (χ0) is 19.3. The van der Waals surface area contributed by atoms with Crippen molar-refractivity contribution in [2.45, 2.75) is 31.8 Å². The number of nitrogens with one attached hydrogen (secondary N) is 2. The lowest BCUT2D eigenvalue weighted by Crippen LogP contribution is -2.44. The molecule has 1 amide bonds. The van der Waals surface area contributed by atoms with Crippen LogP contribution < -0.4 is 10.9 Å². The molecule has 2 aromatic carbocycles. The maximum Gasteiger partial charge on any atom is 0.272 e. The minimum Gasteiger partial charge on any atom is -0.353 e. The van der Waals surface area contributed by atoms with Crippen LogP contribution in [0.4, 0.5) is 0 Å². The first-order valence-corrected chi connectivity index (χ1v) is 9.71. The maximum atomic E-state index is 12.5. The summed E-state index contributed by atoms with van der Waals surface area (Å²) in [6.45, 7) is 2.90. The van der Waals surface area contributed by atoms with E-state index in [9.17, 15) is 9.59 Å². The van der Waals surface area contributed by atoms with Gasteiger partial charge >= 0.3 is 0 Å². The molecule has 1 fully saturated rings. The second kappa shape index (κ2) is 8.35. The van der Waals surface area contributed by atoms with Crippen molar-refractivity contribution in [1.82, 2.24) is 20.4 Å². The molecule has 28 heavy (non-hydrogen) atoms. The van der Waals surface area contributed by atoms with E-state index in [4.69, 9.17) is 0 Å². The summed E-state index contributed by atoms with van der Waals surface area (Å²) in [6.07, 6.45) is 2.05. The van der Waals surface area contributed by atoms with Crippen molar-refractivity contribution in [2.75, 3.05) is 13.1 Å². The van der Waals surface area contributed by atoms with Crippen molar-refractivity contribution in [1.29, 1.82) is 0 Å². The Kier molecular flexibility index (Phi) is 5.48. The van der Waals surface area contributed by atoms with E-state index in [0.29, 0.717) is 11.1 Å². The van der Waals surface area contributed by atoms with Crippen LogP contribution in [0, 0.1) is 0 Å². The molecule has 1 aliphatic rings. The Bertz CT molecular complexity index is 1010. The molecule has 0 spiro atoms. The fourth-order valence-electron chi connectivity index (χ4n) is 3.81. The van der Waals surface area contributed by atoms with Gasteiger partial charge in [-0.15, -0.1) is 0 Å². The zero-order valence-electron chi connectivity index (χ0n) is 15.7. The normalized spacial score (nSPS) is 15.6. The van der Waals surface area contributed by atoms with Gasteiger partial charge in [-0.2, -0.15) is 5.10 Å². The topological polar surface area (TPSA) is 78.1 Å². The third-order valence-corrected chi connectivity index (χ3v) is 5.30. The first kappa shape index (κ1) is 18.4. The second-order valence-corrected chi connectivity index (χ2v) is 7.33. The number of nitrogens with zero attached hydrogens (tertiary/aromatic N) is 2. The molecule has 0 saturated carbocycles. The molecule has 1 aromatic heterocycles. The molecule has 0 radical (unpaired) electrons. The van der Waals surface area contributed by atoms with E-state index in [-0.39, 0.29) is 23.9 Å².